The van der Waals surface area contributed by atoms with Gasteiger partial charge in [0.05, 0.1) is 11.1 Å². The van der Waals surface area contributed by atoms with E-state index in [1.807, 2.05) is 11.9 Å². The zero-order valence-electron chi connectivity index (χ0n) is 17.8. The van der Waals surface area contributed by atoms with Crippen molar-refractivity contribution in [3.8, 4) is 11.4 Å². The average molecular weight is 490 g/mol. The molecule has 1 fully saturated rings. The molecule has 0 aliphatic carbocycles. The lowest BCUT2D eigenvalue weighted by atomic mass is 9.96. The van der Waals surface area contributed by atoms with Gasteiger partial charge in [0, 0.05) is 23.8 Å². The average Bonchev–Trinajstić information content (AvgIpc) is 3.24. The number of rotatable bonds is 4. The van der Waals surface area contributed by atoms with Gasteiger partial charge in [-0.3, -0.25) is 9.59 Å². The summed E-state index contributed by atoms with van der Waals surface area (Å²) in [4.78, 5) is 30.4. The fraction of sp³-hybridized carbons (Fsp3) is 0.400. The number of carbonyl (C=O) groups excluding carboxylic acids is 2. The van der Waals surface area contributed by atoms with Gasteiger partial charge in [-0.2, -0.15) is 26.3 Å². The van der Waals surface area contributed by atoms with E-state index in [1.165, 1.54) is 0 Å². The second kappa shape index (κ2) is 9.54. The topological polar surface area (TPSA) is 97.4 Å². The van der Waals surface area contributed by atoms with Gasteiger partial charge in [0.1, 0.15) is 6.33 Å². The van der Waals surface area contributed by atoms with Crippen LogP contribution >= 0.6 is 0 Å². The quantitative estimate of drug-likeness (QED) is 0.233. The molecule has 1 saturated heterocycles. The second-order valence-corrected chi connectivity index (χ2v) is 7.78. The van der Waals surface area contributed by atoms with Crippen LogP contribution in [0.2, 0.25) is 0 Å². The summed E-state index contributed by atoms with van der Waals surface area (Å²) >= 11 is 0. The molecule has 1 aliphatic rings. The van der Waals surface area contributed by atoms with Gasteiger partial charge in [0.15, 0.2) is 5.82 Å². The standard InChI is InChI=1S/C20H20F6N6O2/c1-30-5-2-12(3-6-30)18(34)32(27)16(33)4-7-31-11-28-17(29-31)13-8-14(19(21,22)23)10-15(9-13)20(24,25)26/h4,7-12H,2-3,5-6,27H2,1H3. The Morgan fingerprint density at radius 3 is 2.15 bits per heavy atom. The van der Waals surface area contributed by atoms with Crippen molar-refractivity contribution in [2.24, 2.45) is 11.8 Å². The summed E-state index contributed by atoms with van der Waals surface area (Å²) in [6.45, 7) is 1.36. The van der Waals surface area contributed by atoms with E-state index in [0.29, 0.717) is 43.1 Å². The molecule has 2 heterocycles. The number of piperidine rings is 1. The Morgan fingerprint density at radius 2 is 1.62 bits per heavy atom. The molecule has 1 aromatic heterocycles. The minimum atomic E-state index is -5.02. The van der Waals surface area contributed by atoms with Crippen molar-refractivity contribution >= 4 is 18.0 Å². The number of imide groups is 1. The highest BCUT2D eigenvalue weighted by Gasteiger charge is 2.37. The molecule has 1 aliphatic heterocycles. The molecule has 0 spiro atoms. The Balaban J connectivity index is 1.76. The maximum absolute atomic E-state index is 13.1. The number of hydrogen-bond donors (Lipinski definition) is 1. The van der Waals surface area contributed by atoms with Crippen molar-refractivity contribution in [1.82, 2.24) is 24.7 Å². The van der Waals surface area contributed by atoms with Crippen LogP contribution in [0.4, 0.5) is 26.3 Å². The summed E-state index contributed by atoms with van der Waals surface area (Å²) in [6, 6.07) is 0.980. The van der Waals surface area contributed by atoms with Gasteiger partial charge in [-0.05, 0) is 51.2 Å². The molecule has 0 unspecified atom stereocenters. The molecular formula is C20H20F6N6O2. The van der Waals surface area contributed by atoms with Gasteiger partial charge in [-0.15, -0.1) is 5.10 Å². The first-order chi connectivity index (χ1) is 15.8. The third-order valence-electron chi connectivity index (χ3n) is 5.27. The molecule has 1 aromatic carbocycles. The molecule has 184 valence electrons. The first-order valence-corrected chi connectivity index (χ1v) is 9.96. The molecule has 0 saturated carbocycles. The zero-order chi connectivity index (χ0) is 25.3. The van der Waals surface area contributed by atoms with Crippen LogP contribution in [0.25, 0.3) is 17.6 Å². The summed E-state index contributed by atoms with van der Waals surface area (Å²) < 4.78 is 79.2. The monoisotopic (exact) mass is 490 g/mol. The lowest BCUT2D eigenvalue weighted by Gasteiger charge is -2.29. The van der Waals surface area contributed by atoms with E-state index in [0.717, 1.165) is 23.3 Å². The van der Waals surface area contributed by atoms with Crippen LogP contribution in [0.5, 0.6) is 0 Å². The number of hydrazine groups is 1. The Bertz CT molecular complexity index is 1050. The molecule has 2 N–H and O–H groups in total. The van der Waals surface area contributed by atoms with Crippen LogP contribution in [0.3, 0.4) is 0 Å². The minimum absolute atomic E-state index is 0.00371. The molecule has 3 rings (SSSR count). The van der Waals surface area contributed by atoms with E-state index in [1.54, 1.807) is 0 Å². The number of nitrogens with two attached hydrogens (primary N) is 1. The molecule has 0 atom stereocenters. The fourth-order valence-corrected chi connectivity index (χ4v) is 3.34. The summed E-state index contributed by atoms with van der Waals surface area (Å²) in [7, 11) is 1.91. The summed E-state index contributed by atoms with van der Waals surface area (Å²) in [6.07, 6.45) is -6.05. The van der Waals surface area contributed by atoms with E-state index >= 15 is 0 Å². The zero-order valence-corrected chi connectivity index (χ0v) is 17.8. The van der Waals surface area contributed by atoms with Crippen LogP contribution in [0.1, 0.15) is 24.0 Å². The first-order valence-electron chi connectivity index (χ1n) is 9.96. The maximum atomic E-state index is 13.1. The minimum Gasteiger partial charge on any atom is -0.306 e. The largest absolute Gasteiger partial charge is 0.416 e. The number of halogens is 6. The summed E-state index contributed by atoms with van der Waals surface area (Å²) in [5.74, 6) is 3.35. The Kier molecular flexibility index (Phi) is 7.12. The van der Waals surface area contributed by atoms with Crippen molar-refractivity contribution in [2.45, 2.75) is 25.2 Å². The predicted octanol–water partition coefficient (Wildman–Crippen LogP) is 3.02. The summed E-state index contributed by atoms with van der Waals surface area (Å²) in [5.41, 5.74) is -3.53. The number of hydrogen-bond acceptors (Lipinski definition) is 6. The van der Waals surface area contributed by atoms with Crippen LogP contribution in [-0.2, 0) is 21.9 Å². The lowest BCUT2D eigenvalue weighted by molar-refractivity contribution is -0.146. The molecule has 2 aromatic rings. The third kappa shape index (κ3) is 5.99. The molecule has 34 heavy (non-hydrogen) atoms. The van der Waals surface area contributed by atoms with Crippen molar-refractivity contribution in [1.29, 1.82) is 0 Å². The molecule has 0 radical (unpaired) electrons. The smallest absolute Gasteiger partial charge is 0.306 e. The van der Waals surface area contributed by atoms with Crippen molar-refractivity contribution < 1.29 is 35.9 Å². The number of carbonyl (C=O) groups is 2. The second-order valence-electron chi connectivity index (χ2n) is 7.78. The number of amides is 2. The number of nitrogens with zero attached hydrogens (tertiary/aromatic N) is 5. The fourth-order valence-electron chi connectivity index (χ4n) is 3.34. The van der Waals surface area contributed by atoms with Crippen molar-refractivity contribution in [3.05, 3.63) is 41.7 Å². The van der Waals surface area contributed by atoms with Crippen LogP contribution in [0.15, 0.2) is 30.6 Å². The lowest BCUT2D eigenvalue weighted by Crippen LogP contribution is -2.47. The highest BCUT2D eigenvalue weighted by Crippen LogP contribution is 2.38. The third-order valence-corrected chi connectivity index (χ3v) is 5.27. The van der Waals surface area contributed by atoms with Gasteiger partial charge < -0.3 is 4.90 Å². The van der Waals surface area contributed by atoms with Crippen LogP contribution in [0, 0.1) is 5.92 Å². The van der Waals surface area contributed by atoms with Gasteiger partial charge in [0.25, 0.3) is 5.91 Å². The Hall–Kier alpha value is -3.26. The molecule has 8 nitrogen and oxygen atoms in total. The highest BCUT2D eigenvalue weighted by molar-refractivity contribution is 6.02. The SMILES string of the molecule is CN1CCC(C(=O)N(N)C(=O)C=Cn2cnc(-c3cc(C(F)(F)F)cc(C(F)(F)F)c3)n2)CC1. The van der Waals surface area contributed by atoms with Gasteiger partial charge in [-0.1, -0.05) is 0 Å². The number of benzene rings is 1. The summed E-state index contributed by atoms with van der Waals surface area (Å²) in [5, 5.41) is 4.25. The van der Waals surface area contributed by atoms with Gasteiger partial charge >= 0.3 is 12.4 Å². The molecular weight excluding hydrogens is 470 g/mol. The first kappa shape index (κ1) is 25.4. The van der Waals surface area contributed by atoms with Gasteiger partial charge in [-0.25, -0.2) is 20.5 Å². The number of alkyl halides is 6. The van der Waals surface area contributed by atoms with Crippen molar-refractivity contribution in [2.75, 3.05) is 20.1 Å². The predicted molar refractivity (Wildman–Crippen MR) is 107 cm³/mol. The van der Waals surface area contributed by atoms with E-state index in [4.69, 9.17) is 5.84 Å². The van der Waals surface area contributed by atoms with Crippen molar-refractivity contribution in [3.63, 3.8) is 0 Å². The maximum Gasteiger partial charge on any atom is 0.416 e. The van der Waals surface area contributed by atoms with E-state index in [-0.39, 0.29) is 6.07 Å². The van der Waals surface area contributed by atoms with Crippen LogP contribution in [-0.4, -0.2) is 56.6 Å². The molecule has 14 heteroatoms. The molecule has 2 amide bonds. The highest BCUT2D eigenvalue weighted by atomic mass is 19.4. The normalized spacial score (nSPS) is 16.2. The number of likely N-dealkylation sites (tertiary alicyclic amines) is 1. The number of aromatic nitrogens is 3. The Morgan fingerprint density at radius 1 is 1.06 bits per heavy atom. The van der Waals surface area contributed by atoms with E-state index in [9.17, 15) is 35.9 Å². The van der Waals surface area contributed by atoms with E-state index < -0.39 is 52.6 Å². The van der Waals surface area contributed by atoms with Gasteiger partial charge in [0.2, 0.25) is 5.91 Å². The van der Waals surface area contributed by atoms with E-state index in [2.05, 4.69) is 10.1 Å². The Labute approximate surface area is 189 Å². The molecule has 0 bridgehead atoms. The van der Waals surface area contributed by atoms with Crippen LogP contribution < -0.4 is 5.84 Å².